The number of benzene rings is 6. The van der Waals surface area contributed by atoms with Crippen molar-refractivity contribution in [2.45, 2.75) is 117 Å². The molecule has 0 saturated heterocycles. The van der Waals surface area contributed by atoms with Gasteiger partial charge in [0.2, 0.25) is 0 Å². The molecule has 2 nitrogen and oxygen atoms in total. The van der Waals surface area contributed by atoms with E-state index >= 15 is 0 Å². The molecule has 6 rings (SSSR count). The van der Waals surface area contributed by atoms with Crippen molar-refractivity contribution in [3.63, 3.8) is 0 Å². The summed E-state index contributed by atoms with van der Waals surface area (Å²) in [5, 5.41) is 29.4. The summed E-state index contributed by atoms with van der Waals surface area (Å²) in [6.07, 6.45) is 3.79. The molecule has 0 aliphatic rings. The van der Waals surface area contributed by atoms with E-state index in [0.29, 0.717) is 11.5 Å². The van der Waals surface area contributed by atoms with Crippen molar-refractivity contribution in [3.05, 3.63) is 179 Å². The summed E-state index contributed by atoms with van der Waals surface area (Å²) in [5.41, 5.74) is 5.69. The molecule has 6 aromatic rings. The van der Waals surface area contributed by atoms with Crippen LogP contribution in [-0.4, -0.2) is 22.5 Å². The largest absolute Gasteiger partial charge is 0.507 e. The SMILES string of the molecule is CC(C)(C)c1cc(C[P+](CC[P+](Cc2cc(C(C)(C)C)c(O)c(C(C)(C)C)c2)(c2ccccc2)c2ccccc2)(c2ccccc2)c2ccccc2)cc(C(C)(C)C)c1O. The minimum atomic E-state index is -2.20. The van der Waals surface area contributed by atoms with Crippen LogP contribution in [0.5, 0.6) is 11.5 Å². The van der Waals surface area contributed by atoms with Gasteiger partial charge in [-0.3, -0.25) is 0 Å². The molecule has 0 bridgehead atoms. The van der Waals surface area contributed by atoms with Gasteiger partial charge < -0.3 is 10.2 Å². The first-order chi connectivity index (χ1) is 28.1. The molecule has 4 heteroatoms. The molecule has 60 heavy (non-hydrogen) atoms. The molecule has 0 aliphatic carbocycles. The molecular weight excluding hydrogens is 767 g/mol. The van der Waals surface area contributed by atoms with Crippen LogP contribution < -0.4 is 21.2 Å². The van der Waals surface area contributed by atoms with Crippen molar-refractivity contribution in [1.29, 1.82) is 0 Å². The van der Waals surface area contributed by atoms with Gasteiger partial charge in [0.05, 0.1) is 48.1 Å². The normalized spacial score (nSPS) is 13.1. The number of phenols is 2. The van der Waals surface area contributed by atoms with Gasteiger partial charge in [-0.2, -0.15) is 0 Å². The standard InChI is InChI=1S/C56H68O2P2/c1-53(2,3)47-35-41(36-48(51(47)57)54(4,5)6)39-59(43-25-17-13-18-26-43,44-27-19-14-20-28-44)33-34-60(45-29-21-15-22-30-45,46-31-23-16-24-32-46)40-42-37-49(55(7,8)9)52(58)50(38-42)56(10,11)12/h13-32,35-38H,33-34,39-40H2,1-12H3/p+2. The summed E-state index contributed by atoms with van der Waals surface area (Å²) in [6, 6.07) is 54.7. The second-order valence-electron chi connectivity index (χ2n) is 21.1. The summed E-state index contributed by atoms with van der Waals surface area (Å²) in [7, 11) is -4.40. The van der Waals surface area contributed by atoms with E-state index in [0.717, 1.165) is 46.9 Å². The second kappa shape index (κ2) is 17.3. The summed E-state index contributed by atoms with van der Waals surface area (Å²) in [5.74, 6) is 0.858. The summed E-state index contributed by atoms with van der Waals surface area (Å²) < 4.78 is 0. The van der Waals surface area contributed by atoms with Crippen LogP contribution >= 0.6 is 14.5 Å². The number of hydrogen-bond acceptors (Lipinski definition) is 2. The minimum absolute atomic E-state index is 0.232. The molecule has 0 spiro atoms. The number of rotatable bonds is 11. The minimum Gasteiger partial charge on any atom is -0.507 e. The lowest BCUT2D eigenvalue weighted by atomic mass is 9.78. The average molecular weight is 837 g/mol. The highest BCUT2D eigenvalue weighted by Crippen LogP contribution is 2.67. The van der Waals surface area contributed by atoms with Crippen LogP contribution in [0.15, 0.2) is 146 Å². The number of hydrogen-bond donors (Lipinski definition) is 2. The van der Waals surface area contributed by atoms with Gasteiger partial charge in [0, 0.05) is 0 Å². The molecule has 314 valence electrons. The van der Waals surface area contributed by atoms with Crippen LogP contribution in [-0.2, 0) is 34.0 Å². The van der Waals surface area contributed by atoms with Gasteiger partial charge in [0.15, 0.2) is 0 Å². The Kier molecular flexibility index (Phi) is 13.0. The number of phenolic OH excluding ortho intramolecular Hbond substituents is 2. The van der Waals surface area contributed by atoms with E-state index in [1.54, 1.807) is 0 Å². The molecule has 0 atom stereocenters. The van der Waals surface area contributed by atoms with Gasteiger partial charge in [-0.1, -0.05) is 156 Å². The van der Waals surface area contributed by atoms with E-state index in [1.165, 1.54) is 32.3 Å². The Morgan fingerprint density at radius 3 is 0.717 bits per heavy atom. The smallest absolute Gasteiger partial charge is 0.123 e. The van der Waals surface area contributed by atoms with Gasteiger partial charge in [0.25, 0.3) is 0 Å². The molecule has 0 unspecified atom stereocenters. The molecule has 0 saturated carbocycles. The molecular formula is C56H70O2P2+2. The van der Waals surface area contributed by atoms with Gasteiger partial charge in [0.1, 0.15) is 23.8 Å². The third-order valence-electron chi connectivity index (χ3n) is 12.3. The molecule has 0 amide bonds. The quantitative estimate of drug-likeness (QED) is 0.128. The third kappa shape index (κ3) is 9.62. The van der Waals surface area contributed by atoms with E-state index in [9.17, 15) is 10.2 Å². The Bertz CT molecular complexity index is 2040. The molecule has 2 N–H and O–H groups in total. The van der Waals surface area contributed by atoms with Crippen molar-refractivity contribution in [3.8, 4) is 11.5 Å². The molecule has 0 heterocycles. The Morgan fingerprint density at radius 2 is 0.533 bits per heavy atom. The molecule has 0 radical (unpaired) electrons. The van der Waals surface area contributed by atoms with Crippen LogP contribution in [0, 0.1) is 0 Å². The summed E-state index contributed by atoms with van der Waals surface area (Å²) >= 11 is 0. The van der Waals surface area contributed by atoms with Crippen molar-refractivity contribution in [2.75, 3.05) is 12.3 Å². The van der Waals surface area contributed by atoms with Crippen LogP contribution in [0.4, 0.5) is 0 Å². The Labute approximate surface area is 364 Å². The van der Waals surface area contributed by atoms with Crippen molar-refractivity contribution in [2.24, 2.45) is 0 Å². The highest BCUT2D eigenvalue weighted by atomic mass is 31.2. The van der Waals surface area contributed by atoms with Gasteiger partial charge >= 0.3 is 0 Å². The zero-order valence-electron chi connectivity index (χ0n) is 38.5. The first-order valence-corrected chi connectivity index (χ1v) is 26.1. The van der Waals surface area contributed by atoms with Crippen molar-refractivity contribution >= 4 is 35.7 Å². The van der Waals surface area contributed by atoms with Gasteiger partial charge in [-0.15, -0.1) is 0 Å². The van der Waals surface area contributed by atoms with Crippen molar-refractivity contribution in [1.82, 2.24) is 0 Å². The molecule has 0 aromatic heterocycles. The third-order valence-corrected chi connectivity index (χ3v) is 21.6. The Balaban J connectivity index is 1.65. The first-order valence-electron chi connectivity index (χ1n) is 21.8. The molecule has 0 fully saturated rings. The number of aromatic hydroxyl groups is 2. The van der Waals surface area contributed by atoms with E-state index in [4.69, 9.17) is 0 Å². The van der Waals surface area contributed by atoms with Crippen LogP contribution in [0.25, 0.3) is 0 Å². The maximum absolute atomic E-state index is 11.9. The second-order valence-corrected chi connectivity index (χ2v) is 28.6. The Morgan fingerprint density at radius 1 is 0.333 bits per heavy atom. The Hall–Kier alpha value is -4.22. The van der Waals surface area contributed by atoms with Crippen molar-refractivity contribution < 1.29 is 10.2 Å². The van der Waals surface area contributed by atoms with Gasteiger partial charge in [-0.25, -0.2) is 0 Å². The van der Waals surface area contributed by atoms with Crippen LogP contribution in [0.3, 0.4) is 0 Å². The van der Waals surface area contributed by atoms with E-state index in [2.05, 4.69) is 229 Å². The zero-order valence-corrected chi connectivity index (χ0v) is 40.3. The lowest BCUT2D eigenvalue weighted by Gasteiger charge is -2.34. The highest BCUT2D eigenvalue weighted by Gasteiger charge is 2.51. The van der Waals surface area contributed by atoms with Crippen LogP contribution in [0.2, 0.25) is 0 Å². The maximum atomic E-state index is 11.9. The van der Waals surface area contributed by atoms with E-state index < -0.39 is 14.5 Å². The topological polar surface area (TPSA) is 40.5 Å². The van der Waals surface area contributed by atoms with E-state index in [1.807, 2.05) is 0 Å². The molecule has 0 aliphatic heterocycles. The fourth-order valence-corrected chi connectivity index (χ4v) is 19.0. The van der Waals surface area contributed by atoms with Crippen LogP contribution in [0.1, 0.15) is 116 Å². The predicted octanol–water partition coefficient (Wildman–Crippen LogP) is 13.3. The monoisotopic (exact) mass is 836 g/mol. The molecule has 6 aromatic carbocycles. The predicted molar refractivity (Wildman–Crippen MR) is 266 cm³/mol. The first kappa shape index (κ1) is 45.3. The zero-order chi connectivity index (χ0) is 43.7. The highest BCUT2D eigenvalue weighted by molar-refractivity contribution is 7.92. The average Bonchev–Trinajstić information content (AvgIpc) is 3.19. The maximum Gasteiger partial charge on any atom is 0.123 e. The lowest BCUT2D eigenvalue weighted by molar-refractivity contribution is 0.422. The fraction of sp³-hybridized carbons (Fsp3) is 0.357. The van der Waals surface area contributed by atoms with Gasteiger partial charge in [-0.05, 0) is 128 Å². The lowest BCUT2D eigenvalue weighted by Crippen LogP contribution is -2.33. The van der Waals surface area contributed by atoms with E-state index in [-0.39, 0.29) is 21.7 Å². The fourth-order valence-electron chi connectivity index (χ4n) is 9.01. The summed E-state index contributed by atoms with van der Waals surface area (Å²) in [4.78, 5) is 0. The summed E-state index contributed by atoms with van der Waals surface area (Å²) in [6.45, 7) is 26.6.